The van der Waals surface area contributed by atoms with E-state index in [4.69, 9.17) is 4.74 Å². The predicted molar refractivity (Wildman–Crippen MR) is 120 cm³/mol. The molecule has 1 saturated heterocycles. The second kappa shape index (κ2) is 13.0. The number of piperidine rings is 1. The van der Waals surface area contributed by atoms with E-state index < -0.39 is 0 Å². The number of carbonyl (C=O) groups is 1. The Morgan fingerprint density at radius 1 is 1.32 bits per heavy atom. The zero-order valence-electron chi connectivity index (χ0n) is 16.1. The van der Waals surface area contributed by atoms with Gasteiger partial charge in [-0.2, -0.15) is 0 Å². The first-order valence-corrected chi connectivity index (χ1v) is 10.3. The van der Waals surface area contributed by atoms with Gasteiger partial charge in [0.05, 0.1) is 18.7 Å². The van der Waals surface area contributed by atoms with Crippen LogP contribution in [-0.2, 0) is 11.2 Å². The normalized spacial score (nSPS) is 15.8. The van der Waals surface area contributed by atoms with Crippen molar-refractivity contribution < 1.29 is 9.53 Å². The Labute approximate surface area is 183 Å². The molecule has 8 heteroatoms. The van der Waals surface area contributed by atoms with E-state index in [1.807, 2.05) is 36.6 Å². The van der Waals surface area contributed by atoms with E-state index in [9.17, 15) is 4.79 Å². The van der Waals surface area contributed by atoms with Crippen molar-refractivity contribution in [2.24, 2.45) is 5.92 Å². The second-order valence-corrected chi connectivity index (χ2v) is 7.49. The summed E-state index contributed by atoms with van der Waals surface area (Å²) in [7, 11) is 0. The average molecular weight is 446 g/mol. The van der Waals surface area contributed by atoms with Crippen LogP contribution in [0.2, 0.25) is 0 Å². The highest BCUT2D eigenvalue weighted by molar-refractivity contribution is 7.13. The van der Waals surface area contributed by atoms with Crippen molar-refractivity contribution in [1.29, 1.82) is 0 Å². The molecule has 0 spiro atoms. The quantitative estimate of drug-likeness (QED) is 0.641. The maximum absolute atomic E-state index is 12.1. The largest absolute Gasteiger partial charge is 0.494 e. The summed E-state index contributed by atoms with van der Waals surface area (Å²) in [5.41, 5.74) is 1.88. The number of benzene rings is 1. The van der Waals surface area contributed by atoms with Crippen LogP contribution in [0.4, 0.5) is 0 Å². The SMILES string of the molecule is CCOc1ccc(-c2nc(CC(=O)NCCC3CCCNC3)cs2)cc1.Cl.Cl. The highest BCUT2D eigenvalue weighted by Gasteiger charge is 2.13. The van der Waals surface area contributed by atoms with Crippen LogP contribution < -0.4 is 15.4 Å². The molecule has 0 radical (unpaired) electrons. The third kappa shape index (κ3) is 7.59. The minimum absolute atomic E-state index is 0. The monoisotopic (exact) mass is 445 g/mol. The minimum atomic E-state index is 0. The van der Waals surface area contributed by atoms with E-state index in [1.165, 1.54) is 12.8 Å². The van der Waals surface area contributed by atoms with E-state index in [0.717, 1.165) is 48.1 Å². The second-order valence-electron chi connectivity index (χ2n) is 6.63. The molecule has 0 saturated carbocycles. The smallest absolute Gasteiger partial charge is 0.226 e. The van der Waals surface area contributed by atoms with E-state index >= 15 is 0 Å². The van der Waals surface area contributed by atoms with Gasteiger partial charge in [-0.25, -0.2) is 4.98 Å². The summed E-state index contributed by atoms with van der Waals surface area (Å²) in [6.45, 7) is 5.59. The number of rotatable bonds is 8. The number of carbonyl (C=O) groups excluding carboxylic acids is 1. The number of amides is 1. The summed E-state index contributed by atoms with van der Waals surface area (Å²) in [5, 5.41) is 9.35. The van der Waals surface area contributed by atoms with Gasteiger partial charge in [0.15, 0.2) is 0 Å². The molecule has 0 bridgehead atoms. The Morgan fingerprint density at radius 3 is 2.79 bits per heavy atom. The molecule has 2 N–H and O–H groups in total. The summed E-state index contributed by atoms with van der Waals surface area (Å²) < 4.78 is 5.46. The Kier molecular flexibility index (Phi) is 11.5. The molecule has 2 heterocycles. The highest BCUT2D eigenvalue weighted by Crippen LogP contribution is 2.26. The van der Waals surface area contributed by atoms with Gasteiger partial charge in [0, 0.05) is 17.5 Å². The molecule has 1 atom stereocenters. The fourth-order valence-electron chi connectivity index (χ4n) is 3.19. The fourth-order valence-corrected chi connectivity index (χ4v) is 4.02. The van der Waals surface area contributed by atoms with Crippen LogP contribution in [0, 0.1) is 5.92 Å². The van der Waals surface area contributed by atoms with Crippen LogP contribution in [0.3, 0.4) is 0 Å². The summed E-state index contributed by atoms with van der Waals surface area (Å²) in [6, 6.07) is 7.91. The molecule has 1 unspecified atom stereocenters. The third-order valence-corrected chi connectivity index (χ3v) is 5.52. The number of hydrogen-bond donors (Lipinski definition) is 2. The van der Waals surface area contributed by atoms with Crippen molar-refractivity contribution in [2.75, 3.05) is 26.2 Å². The molecule has 0 aliphatic carbocycles. The lowest BCUT2D eigenvalue weighted by Crippen LogP contribution is -2.33. The molecule has 1 aromatic carbocycles. The maximum atomic E-state index is 12.1. The van der Waals surface area contributed by atoms with Crippen LogP contribution in [0.15, 0.2) is 29.6 Å². The Balaban J connectivity index is 0.00000196. The first-order chi connectivity index (χ1) is 12.7. The molecule has 1 aliphatic heterocycles. The Morgan fingerprint density at radius 2 is 2.11 bits per heavy atom. The topological polar surface area (TPSA) is 63.2 Å². The average Bonchev–Trinajstić information content (AvgIpc) is 3.12. The van der Waals surface area contributed by atoms with Gasteiger partial charge < -0.3 is 15.4 Å². The fraction of sp³-hybridized carbons (Fsp3) is 0.500. The van der Waals surface area contributed by atoms with Gasteiger partial charge in [0.1, 0.15) is 10.8 Å². The van der Waals surface area contributed by atoms with Crippen molar-refractivity contribution in [3.8, 4) is 16.3 Å². The summed E-state index contributed by atoms with van der Waals surface area (Å²) in [4.78, 5) is 16.7. The lowest BCUT2D eigenvalue weighted by atomic mass is 9.96. The number of aromatic nitrogens is 1. The van der Waals surface area contributed by atoms with Crippen molar-refractivity contribution in [3.63, 3.8) is 0 Å². The van der Waals surface area contributed by atoms with Crippen LogP contribution in [0.25, 0.3) is 10.6 Å². The molecule has 1 fully saturated rings. The van der Waals surface area contributed by atoms with Crippen molar-refractivity contribution >= 4 is 42.1 Å². The van der Waals surface area contributed by atoms with Gasteiger partial charge in [0.2, 0.25) is 5.91 Å². The minimum Gasteiger partial charge on any atom is -0.494 e. The third-order valence-electron chi connectivity index (χ3n) is 4.58. The zero-order chi connectivity index (χ0) is 18.2. The van der Waals surface area contributed by atoms with Gasteiger partial charge in [-0.3, -0.25) is 4.79 Å². The number of hydrogen-bond acceptors (Lipinski definition) is 5. The number of halogens is 2. The lowest BCUT2D eigenvalue weighted by Gasteiger charge is -2.22. The molecule has 28 heavy (non-hydrogen) atoms. The van der Waals surface area contributed by atoms with Gasteiger partial charge in [0.25, 0.3) is 0 Å². The molecular weight excluding hydrogens is 417 g/mol. The van der Waals surface area contributed by atoms with Gasteiger partial charge in [-0.1, -0.05) is 0 Å². The molecule has 5 nitrogen and oxygen atoms in total. The summed E-state index contributed by atoms with van der Waals surface area (Å²) in [6.07, 6.45) is 3.90. The molecule has 156 valence electrons. The van der Waals surface area contributed by atoms with Crippen LogP contribution in [0.5, 0.6) is 5.75 Å². The molecule has 1 amide bonds. The van der Waals surface area contributed by atoms with Gasteiger partial charge in [-0.05, 0) is 69.5 Å². The van der Waals surface area contributed by atoms with Crippen LogP contribution in [-0.4, -0.2) is 37.1 Å². The van der Waals surface area contributed by atoms with Gasteiger partial charge >= 0.3 is 0 Å². The summed E-state index contributed by atoms with van der Waals surface area (Å²) >= 11 is 1.57. The maximum Gasteiger partial charge on any atom is 0.226 e. The van der Waals surface area contributed by atoms with Crippen molar-refractivity contribution in [1.82, 2.24) is 15.6 Å². The van der Waals surface area contributed by atoms with Crippen molar-refractivity contribution in [3.05, 3.63) is 35.3 Å². The van der Waals surface area contributed by atoms with E-state index in [2.05, 4.69) is 15.6 Å². The lowest BCUT2D eigenvalue weighted by molar-refractivity contribution is -0.120. The summed E-state index contributed by atoms with van der Waals surface area (Å²) in [5.74, 6) is 1.60. The van der Waals surface area contributed by atoms with E-state index in [1.54, 1.807) is 11.3 Å². The van der Waals surface area contributed by atoms with Gasteiger partial charge in [-0.15, -0.1) is 36.2 Å². The Hall–Kier alpha value is -1.34. The van der Waals surface area contributed by atoms with Crippen LogP contribution in [0.1, 0.15) is 31.9 Å². The first kappa shape index (κ1) is 24.7. The molecule has 2 aromatic rings. The highest BCUT2D eigenvalue weighted by atomic mass is 35.5. The number of nitrogens with one attached hydrogen (secondary N) is 2. The molecule has 1 aliphatic rings. The Bertz CT molecular complexity index is 704. The van der Waals surface area contributed by atoms with E-state index in [-0.39, 0.29) is 30.7 Å². The first-order valence-electron chi connectivity index (χ1n) is 9.39. The number of nitrogens with zero attached hydrogens (tertiary/aromatic N) is 1. The van der Waals surface area contributed by atoms with Crippen LogP contribution >= 0.6 is 36.2 Å². The number of ether oxygens (including phenoxy) is 1. The zero-order valence-corrected chi connectivity index (χ0v) is 18.6. The van der Waals surface area contributed by atoms with Crippen molar-refractivity contribution in [2.45, 2.75) is 32.6 Å². The molecule has 1 aromatic heterocycles. The predicted octanol–water partition coefficient (Wildman–Crippen LogP) is 4.10. The van der Waals surface area contributed by atoms with E-state index in [0.29, 0.717) is 18.9 Å². The standard InChI is InChI=1S/C20H27N3O2S.2ClH/c1-2-25-18-7-5-16(6-8-18)20-23-17(14-26-20)12-19(24)22-11-9-15-4-3-10-21-13-15;;/h5-8,14-15,21H,2-4,9-13H2,1H3,(H,22,24);2*1H. The number of thiazole rings is 1. The molecule has 3 rings (SSSR count). The molecular formula is C20H29Cl2N3O2S.